The summed E-state index contributed by atoms with van der Waals surface area (Å²) in [6.07, 6.45) is 0. The van der Waals surface area contributed by atoms with E-state index in [-0.39, 0.29) is 11.9 Å². The third-order valence-corrected chi connectivity index (χ3v) is 5.32. The van der Waals surface area contributed by atoms with E-state index in [1.54, 1.807) is 0 Å². The maximum atomic E-state index is 12.1. The molecule has 0 aliphatic rings. The van der Waals surface area contributed by atoms with Crippen LogP contribution in [0.3, 0.4) is 0 Å². The molecule has 1 aromatic carbocycles. The first kappa shape index (κ1) is 16.8. The van der Waals surface area contributed by atoms with Gasteiger partial charge in [-0.05, 0) is 26.0 Å². The molecule has 6 nitrogen and oxygen atoms in total. The van der Waals surface area contributed by atoms with Crippen LogP contribution in [0.4, 0.5) is 5.13 Å². The summed E-state index contributed by atoms with van der Waals surface area (Å²) in [5, 5.41) is 15.9. The van der Waals surface area contributed by atoms with Gasteiger partial charge in [-0.25, -0.2) is 0 Å². The quantitative estimate of drug-likeness (QED) is 0.624. The minimum atomic E-state index is -0.183. The normalized spacial score (nSPS) is 12.2. The van der Waals surface area contributed by atoms with Crippen molar-refractivity contribution in [2.75, 3.05) is 17.6 Å². The van der Waals surface area contributed by atoms with Crippen molar-refractivity contribution in [3.05, 3.63) is 36.1 Å². The number of hydrogen-bond acceptors (Lipinski definition) is 7. The minimum absolute atomic E-state index is 0.0619. The fourth-order valence-electron chi connectivity index (χ4n) is 2.19. The lowest BCUT2D eigenvalue weighted by Crippen LogP contribution is -2.27. The average Bonchev–Trinajstić information content (AvgIpc) is 3.19. The number of thioether (sulfide) groups is 1. The van der Waals surface area contributed by atoms with Crippen molar-refractivity contribution in [1.82, 2.24) is 15.5 Å². The highest BCUT2D eigenvalue weighted by Gasteiger charge is 2.15. The molecule has 8 heteroatoms. The number of nitrogens with zero attached hydrogens (tertiary/aromatic N) is 2. The maximum absolute atomic E-state index is 12.1. The highest BCUT2D eigenvalue weighted by atomic mass is 32.2. The first-order valence-corrected chi connectivity index (χ1v) is 9.44. The van der Waals surface area contributed by atoms with Crippen LogP contribution in [0.1, 0.15) is 25.6 Å². The summed E-state index contributed by atoms with van der Waals surface area (Å²) in [4.78, 5) is 12.1. The zero-order chi connectivity index (χ0) is 16.9. The minimum Gasteiger partial charge on any atom is -0.459 e. The molecule has 0 aliphatic carbocycles. The van der Waals surface area contributed by atoms with Gasteiger partial charge in [0.1, 0.15) is 11.3 Å². The van der Waals surface area contributed by atoms with Gasteiger partial charge in [-0.15, -0.1) is 10.2 Å². The molecule has 2 aromatic heterocycles. The fourth-order valence-corrected chi connectivity index (χ4v) is 3.82. The molecule has 0 aliphatic heterocycles. The molecule has 0 saturated heterocycles. The predicted octanol–water partition coefficient (Wildman–Crippen LogP) is 3.69. The molecular formula is C16H18N4O2S2. The standard InChI is InChI=1S/C16H18N4O2S2/c1-3-17-15-19-20-16(24-15)23-9-14(21)18-10(2)13-8-11-6-4-5-7-12(11)22-13/h4-8,10H,3,9H2,1-2H3,(H,17,19)(H,18,21). The fraction of sp³-hybridized carbons (Fsp3) is 0.312. The van der Waals surface area contributed by atoms with Gasteiger partial charge >= 0.3 is 0 Å². The molecule has 3 rings (SSSR count). The number of hydrogen-bond donors (Lipinski definition) is 2. The molecule has 2 heterocycles. The Labute approximate surface area is 148 Å². The number of para-hydroxylation sites is 1. The predicted molar refractivity (Wildman–Crippen MR) is 97.6 cm³/mol. The zero-order valence-corrected chi connectivity index (χ0v) is 15.0. The van der Waals surface area contributed by atoms with Crippen LogP contribution in [0.25, 0.3) is 11.0 Å². The number of amides is 1. The van der Waals surface area contributed by atoms with E-state index in [1.165, 1.54) is 23.1 Å². The van der Waals surface area contributed by atoms with Gasteiger partial charge in [-0.2, -0.15) is 0 Å². The summed E-state index contributed by atoms with van der Waals surface area (Å²) in [5.41, 5.74) is 0.827. The molecule has 0 saturated carbocycles. The Hall–Kier alpha value is -2.06. The monoisotopic (exact) mass is 362 g/mol. The van der Waals surface area contributed by atoms with E-state index in [2.05, 4.69) is 20.8 Å². The SMILES string of the molecule is CCNc1nnc(SCC(=O)NC(C)c2cc3ccccc3o2)s1. The van der Waals surface area contributed by atoms with Gasteiger partial charge < -0.3 is 15.1 Å². The van der Waals surface area contributed by atoms with Crippen molar-refractivity contribution < 1.29 is 9.21 Å². The molecule has 1 amide bonds. The number of anilines is 1. The zero-order valence-electron chi connectivity index (χ0n) is 13.4. The molecular weight excluding hydrogens is 344 g/mol. The Bertz CT molecular complexity index is 797. The van der Waals surface area contributed by atoms with E-state index < -0.39 is 0 Å². The topological polar surface area (TPSA) is 80.0 Å². The molecule has 3 aromatic rings. The Balaban J connectivity index is 1.53. The van der Waals surface area contributed by atoms with Crippen molar-refractivity contribution in [2.24, 2.45) is 0 Å². The van der Waals surface area contributed by atoms with E-state index in [0.717, 1.165) is 32.7 Å². The first-order chi connectivity index (χ1) is 11.7. The van der Waals surface area contributed by atoms with Crippen molar-refractivity contribution in [3.63, 3.8) is 0 Å². The molecule has 0 bridgehead atoms. The third-order valence-electron chi connectivity index (χ3n) is 3.31. The van der Waals surface area contributed by atoms with Crippen LogP contribution in [0, 0.1) is 0 Å². The largest absolute Gasteiger partial charge is 0.459 e. The molecule has 0 fully saturated rings. The van der Waals surface area contributed by atoms with Gasteiger partial charge in [0, 0.05) is 11.9 Å². The molecule has 126 valence electrons. The van der Waals surface area contributed by atoms with Gasteiger partial charge in [0.2, 0.25) is 11.0 Å². The van der Waals surface area contributed by atoms with Crippen molar-refractivity contribution in [3.8, 4) is 0 Å². The number of aromatic nitrogens is 2. The van der Waals surface area contributed by atoms with Crippen molar-refractivity contribution in [2.45, 2.75) is 24.2 Å². The van der Waals surface area contributed by atoms with E-state index in [0.29, 0.717) is 5.75 Å². The molecule has 24 heavy (non-hydrogen) atoms. The molecule has 1 atom stereocenters. The van der Waals surface area contributed by atoms with E-state index in [4.69, 9.17) is 4.42 Å². The van der Waals surface area contributed by atoms with Crippen molar-refractivity contribution >= 4 is 45.1 Å². The highest BCUT2D eigenvalue weighted by molar-refractivity contribution is 8.01. The van der Waals surface area contributed by atoms with E-state index >= 15 is 0 Å². The summed E-state index contributed by atoms with van der Waals surface area (Å²) in [6, 6.07) is 9.58. The molecule has 2 N–H and O–H groups in total. The summed E-state index contributed by atoms with van der Waals surface area (Å²) < 4.78 is 6.55. The number of fused-ring (bicyclic) bond motifs is 1. The van der Waals surface area contributed by atoms with Gasteiger partial charge in [0.25, 0.3) is 0 Å². The Kier molecular flexibility index (Phi) is 5.37. The van der Waals surface area contributed by atoms with Crippen LogP contribution in [-0.2, 0) is 4.79 Å². The van der Waals surface area contributed by atoms with Crippen LogP contribution in [0.2, 0.25) is 0 Å². The Morgan fingerprint density at radius 1 is 1.38 bits per heavy atom. The van der Waals surface area contributed by atoms with Gasteiger partial charge in [0.05, 0.1) is 11.8 Å². The Morgan fingerprint density at radius 3 is 3.00 bits per heavy atom. The van der Waals surface area contributed by atoms with Crippen LogP contribution < -0.4 is 10.6 Å². The number of carbonyl (C=O) groups is 1. The second kappa shape index (κ2) is 7.67. The van der Waals surface area contributed by atoms with Crippen LogP contribution in [0.5, 0.6) is 0 Å². The van der Waals surface area contributed by atoms with Gasteiger partial charge in [0.15, 0.2) is 4.34 Å². The second-order valence-electron chi connectivity index (χ2n) is 5.17. The number of rotatable bonds is 7. The number of benzene rings is 1. The summed E-state index contributed by atoms with van der Waals surface area (Å²) >= 11 is 2.83. The smallest absolute Gasteiger partial charge is 0.231 e. The lowest BCUT2D eigenvalue weighted by atomic mass is 10.2. The lowest BCUT2D eigenvalue weighted by molar-refractivity contribution is -0.119. The van der Waals surface area contributed by atoms with Crippen LogP contribution in [-0.4, -0.2) is 28.4 Å². The van der Waals surface area contributed by atoms with Crippen molar-refractivity contribution in [1.29, 1.82) is 0 Å². The average molecular weight is 362 g/mol. The molecule has 0 spiro atoms. The number of carbonyl (C=O) groups excluding carboxylic acids is 1. The third kappa shape index (κ3) is 4.07. The van der Waals surface area contributed by atoms with E-state index in [1.807, 2.05) is 44.2 Å². The summed E-state index contributed by atoms with van der Waals surface area (Å²) in [7, 11) is 0. The number of furan rings is 1. The molecule has 1 unspecified atom stereocenters. The van der Waals surface area contributed by atoms with Crippen LogP contribution in [0.15, 0.2) is 39.1 Å². The Morgan fingerprint density at radius 2 is 2.21 bits per heavy atom. The number of nitrogens with one attached hydrogen (secondary N) is 2. The first-order valence-electron chi connectivity index (χ1n) is 7.63. The van der Waals surface area contributed by atoms with E-state index in [9.17, 15) is 4.79 Å². The summed E-state index contributed by atoms with van der Waals surface area (Å²) in [6.45, 7) is 4.71. The molecule has 0 radical (unpaired) electrons. The van der Waals surface area contributed by atoms with Crippen LogP contribution >= 0.6 is 23.1 Å². The van der Waals surface area contributed by atoms with Gasteiger partial charge in [-0.1, -0.05) is 41.3 Å². The van der Waals surface area contributed by atoms with Gasteiger partial charge in [-0.3, -0.25) is 4.79 Å². The lowest BCUT2D eigenvalue weighted by Gasteiger charge is -2.10. The second-order valence-corrected chi connectivity index (χ2v) is 7.37. The summed E-state index contributed by atoms with van der Waals surface area (Å²) in [5.74, 6) is 0.985. The highest BCUT2D eigenvalue weighted by Crippen LogP contribution is 2.26. The maximum Gasteiger partial charge on any atom is 0.231 e.